The van der Waals surface area contributed by atoms with Crippen LogP contribution in [0.5, 0.6) is 0 Å². The number of ketones is 2. The molecule has 142 valence electrons. The van der Waals surface area contributed by atoms with Crippen LogP contribution >= 0.6 is 0 Å². The second kappa shape index (κ2) is 7.34. The molecule has 1 aromatic heterocycles. The van der Waals surface area contributed by atoms with Gasteiger partial charge in [0, 0.05) is 36.8 Å². The highest BCUT2D eigenvalue weighted by Gasteiger charge is 2.38. The minimum absolute atomic E-state index is 0.0994. The number of allylic oxidation sites excluding steroid dienone is 2. The predicted molar refractivity (Wildman–Crippen MR) is 86.3 cm³/mol. The standard InChI is InChI=1S/C18H15F3N2O4/c1-26-14-8-12(7-13(24)9-14)15(25)6-10-2-4-11(5-3-10)16-22-17(27-23-16)18(19,20)21/h2-5,9,12H,6-8H2,1H3. The van der Waals surface area contributed by atoms with Crippen LogP contribution in [0.15, 0.2) is 40.6 Å². The number of carbonyl (C=O) groups is 2. The number of ether oxygens (including phenoxy) is 1. The second-order valence-electron chi connectivity index (χ2n) is 6.15. The zero-order valence-electron chi connectivity index (χ0n) is 14.2. The van der Waals surface area contributed by atoms with Gasteiger partial charge < -0.3 is 9.26 Å². The van der Waals surface area contributed by atoms with Crippen molar-refractivity contribution in [3.63, 3.8) is 0 Å². The summed E-state index contributed by atoms with van der Waals surface area (Å²) in [6.45, 7) is 0. The number of carbonyl (C=O) groups excluding carboxylic acids is 2. The molecule has 0 saturated heterocycles. The minimum atomic E-state index is -4.70. The second-order valence-corrected chi connectivity index (χ2v) is 6.15. The molecule has 0 bridgehead atoms. The summed E-state index contributed by atoms with van der Waals surface area (Å²) in [4.78, 5) is 27.4. The first kappa shape index (κ1) is 18.8. The maximum atomic E-state index is 12.5. The van der Waals surface area contributed by atoms with Crippen molar-refractivity contribution in [2.45, 2.75) is 25.4 Å². The van der Waals surface area contributed by atoms with Crippen LogP contribution in [0.4, 0.5) is 13.2 Å². The molecule has 9 heteroatoms. The van der Waals surface area contributed by atoms with Crippen molar-refractivity contribution in [3.8, 4) is 11.4 Å². The van der Waals surface area contributed by atoms with Crippen molar-refractivity contribution in [1.82, 2.24) is 10.1 Å². The number of hydrogen-bond acceptors (Lipinski definition) is 6. The number of Topliss-reactive ketones (excluding diaryl/α,β-unsaturated/α-hetero) is 1. The molecule has 0 radical (unpaired) electrons. The number of nitrogens with zero attached hydrogens (tertiary/aromatic N) is 2. The van der Waals surface area contributed by atoms with Crippen molar-refractivity contribution in [2.24, 2.45) is 5.92 Å². The Balaban J connectivity index is 1.67. The van der Waals surface area contributed by atoms with Gasteiger partial charge in [0.2, 0.25) is 5.82 Å². The highest BCUT2D eigenvalue weighted by molar-refractivity contribution is 5.96. The lowest BCUT2D eigenvalue weighted by Crippen LogP contribution is -2.24. The van der Waals surface area contributed by atoms with Gasteiger partial charge in [-0.15, -0.1) is 0 Å². The SMILES string of the molecule is COC1=CC(=O)CC(C(=O)Cc2ccc(-c3noc(C(F)(F)F)n3)cc2)C1. The highest BCUT2D eigenvalue weighted by Crippen LogP contribution is 2.29. The van der Waals surface area contributed by atoms with E-state index in [4.69, 9.17) is 4.74 Å². The summed E-state index contributed by atoms with van der Waals surface area (Å²) in [5.74, 6) is -1.81. The molecule has 1 aliphatic rings. The molecule has 0 spiro atoms. The molecular formula is C18H15F3N2O4. The fourth-order valence-electron chi connectivity index (χ4n) is 2.80. The smallest absolute Gasteiger partial charge is 0.471 e. The van der Waals surface area contributed by atoms with Crippen molar-refractivity contribution in [2.75, 3.05) is 7.11 Å². The Hall–Kier alpha value is -2.97. The maximum absolute atomic E-state index is 12.5. The Morgan fingerprint density at radius 3 is 2.56 bits per heavy atom. The van der Waals surface area contributed by atoms with Crippen molar-refractivity contribution in [3.05, 3.63) is 47.6 Å². The number of halogens is 3. The Kier molecular flexibility index (Phi) is 5.11. The van der Waals surface area contributed by atoms with E-state index in [1.165, 1.54) is 25.3 Å². The summed E-state index contributed by atoms with van der Waals surface area (Å²) in [7, 11) is 1.45. The van der Waals surface area contributed by atoms with Crippen LogP contribution in [-0.4, -0.2) is 28.8 Å². The van der Waals surface area contributed by atoms with Gasteiger partial charge in [0.15, 0.2) is 5.78 Å². The van der Waals surface area contributed by atoms with Crippen LogP contribution in [0, 0.1) is 5.92 Å². The van der Waals surface area contributed by atoms with Gasteiger partial charge in [-0.05, 0) is 5.56 Å². The summed E-state index contributed by atoms with van der Waals surface area (Å²) < 4.78 is 46.8. The Bertz CT molecular complexity index is 885. The van der Waals surface area contributed by atoms with E-state index in [1.807, 2.05) is 0 Å². The van der Waals surface area contributed by atoms with Gasteiger partial charge in [-0.25, -0.2) is 0 Å². The van der Waals surface area contributed by atoms with E-state index in [2.05, 4.69) is 14.7 Å². The molecule has 0 amide bonds. The van der Waals surface area contributed by atoms with Crippen LogP contribution in [0.3, 0.4) is 0 Å². The van der Waals surface area contributed by atoms with Gasteiger partial charge in [0.1, 0.15) is 5.78 Å². The number of hydrogen-bond donors (Lipinski definition) is 0. The zero-order valence-corrected chi connectivity index (χ0v) is 14.2. The topological polar surface area (TPSA) is 82.3 Å². The van der Waals surface area contributed by atoms with E-state index in [0.717, 1.165) is 0 Å². The van der Waals surface area contributed by atoms with Gasteiger partial charge in [0.25, 0.3) is 0 Å². The number of aromatic nitrogens is 2. The average molecular weight is 380 g/mol. The van der Waals surface area contributed by atoms with Gasteiger partial charge in [0.05, 0.1) is 12.9 Å². The van der Waals surface area contributed by atoms with E-state index >= 15 is 0 Å². The molecule has 0 fully saturated rings. The molecular weight excluding hydrogens is 365 g/mol. The third-order valence-corrected chi connectivity index (χ3v) is 4.19. The van der Waals surface area contributed by atoms with Crippen LogP contribution in [0.1, 0.15) is 24.3 Å². The van der Waals surface area contributed by atoms with E-state index in [9.17, 15) is 22.8 Å². The monoisotopic (exact) mass is 380 g/mol. The fourth-order valence-corrected chi connectivity index (χ4v) is 2.80. The van der Waals surface area contributed by atoms with Gasteiger partial charge in [-0.1, -0.05) is 29.4 Å². The van der Waals surface area contributed by atoms with E-state index in [1.54, 1.807) is 12.1 Å². The summed E-state index contributed by atoms with van der Waals surface area (Å²) >= 11 is 0. The lowest BCUT2D eigenvalue weighted by atomic mass is 9.86. The molecule has 0 aliphatic heterocycles. The number of alkyl halides is 3. The lowest BCUT2D eigenvalue weighted by molar-refractivity contribution is -0.159. The minimum Gasteiger partial charge on any atom is -0.501 e. The molecule has 6 nitrogen and oxygen atoms in total. The number of methoxy groups -OCH3 is 1. The molecule has 1 unspecified atom stereocenters. The first-order valence-corrected chi connectivity index (χ1v) is 8.06. The zero-order chi connectivity index (χ0) is 19.6. The molecule has 3 rings (SSSR count). The molecule has 2 aromatic rings. The third-order valence-electron chi connectivity index (χ3n) is 4.19. The van der Waals surface area contributed by atoms with E-state index in [0.29, 0.717) is 23.3 Å². The summed E-state index contributed by atoms with van der Waals surface area (Å²) in [6, 6.07) is 6.24. The average Bonchev–Trinajstić information content (AvgIpc) is 3.12. The van der Waals surface area contributed by atoms with E-state index in [-0.39, 0.29) is 30.2 Å². The summed E-state index contributed by atoms with van der Waals surface area (Å²) in [6.07, 6.45) is -2.67. The van der Waals surface area contributed by atoms with E-state index < -0.39 is 18.0 Å². The first-order chi connectivity index (χ1) is 12.8. The highest BCUT2D eigenvalue weighted by atomic mass is 19.4. The Labute approximate surface area is 152 Å². The lowest BCUT2D eigenvalue weighted by Gasteiger charge is -2.20. The summed E-state index contributed by atoms with van der Waals surface area (Å²) in [5, 5.41) is 3.31. The molecule has 1 atom stereocenters. The van der Waals surface area contributed by atoms with Crippen LogP contribution in [-0.2, 0) is 26.9 Å². The molecule has 27 heavy (non-hydrogen) atoms. The normalized spacial score (nSPS) is 17.6. The third kappa shape index (κ3) is 4.42. The number of rotatable bonds is 5. The molecule has 1 heterocycles. The predicted octanol–water partition coefficient (Wildman–Crippen LogP) is 3.38. The maximum Gasteiger partial charge on any atom is 0.471 e. The van der Waals surface area contributed by atoms with Crippen molar-refractivity contribution >= 4 is 11.6 Å². The van der Waals surface area contributed by atoms with Gasteiger partial charge >= 0.3 is 12.1 Å². The van der Waals surface area contributed by atoms with Crippen molar-refractivity contribution < 1.29 is 32.0 Å². The van der Waals surface area contributed by atoms with Crippen LogP contribution in [0.2, 0.25) is 0 Å². The fraction of sp³-hybridized carbons (Fsp3) is 0.333. The Morgan fingerprint density at radius 2 is 1.96 bits per heavy atom. The molecule has 0 N–H and O–H groups in total. The molecule has 0 saturated carbocycles. The first-order valence-electron chi connectivity index (χ1n) is 8.06. The van der Waals surface area contributed by atoms with Gasteiger partial charge in [-0.3, -0.25) is 9.59 Å². The largest absolute Gasteiger partial charge is 0.501 e. The van der Waals surface area contributed by atoms with Crippen LogP contribution < -0.4 is 0 Å². The van der Waals surface area contributed by atoms with Gasteiger partial charge in [-0.2, -0.15) is 18.2 Å². The Morgan fingerprint density at radius 1 is 1.26 bits per heavy atom. The van der Waals surface area contributed by atoms with Crippen LogP contribution in [0.25, 0.3) is 11.4 Å². The summed E-state index contributed by atoms with van der Waals surface area (Å²) in [5.41, 5.74) is 1.01. The number of benzene rings is 1. The van der Waals surface area contributed by atoms with Crippen molar-refractivity contribution in [1.29, 1.82) is 0 Å². The quantitative estimate of drug-likeness (QED) is 0.791. The molecule has 1 aliphatic carbocycles. The molecule has 1 aromatic carbocycles.